The number of hydrogen-bond donors (Lipinski definition) is 1. The number of hydrogen-bond acceptors (Lipinski definition) is 4. The Balaban J connectivity index is 1.41. The van der Waals surface area contributed by atoms with Gasteiger partial charge in [0.2, 0.25) is 0 Å². The van der Waals surface area contributed by atoms with Crippen molar-refractivity contribution in [3.8, 4) is 11.5 Å². The summed E-state index contributed by atoms with van der Waals surface area (Å²) in [6.45, 7) is 7.01. The zero-order chi connectivity index (χ0) is 24.4. The first-order chi connectivity index (χ1) is 17.1. The topological polar surface area (TPSA) is 59.9 Å². The van der Waals surface area contributed by atoms with E-state index in [0.717, 1.165) is 54.4 Å². The predicted octanol–water partition coefficient (Wildman–Crippen LogP) is 5.90. The van der Waals surface area contributed by atoms with Gasteiger partial charge in [0.05, 0.1) is 11.4 Å². The zero-order valence-corrected chi connectivity index (χ0v) is 20.4. The van der Waals surface area contributed by atoms with Gasteiger partial charge in [-0.1, -0.05) is 42.5 Å². The third-order valence-corrected chi connectivity index (χ3v) is 7.05. The van der Waals surface area contributed by atoms with E-state index in [2.05, 4.69) is 15.9 Å². The number of benzene rings is 3. The van der Waals surface area contributed by atoms with Gasteiger partial charge >= 0.3 is 0 Å². The van der Waals surface area contributed by atoms with E-state index in [9.17, 15) is 4.79 Å². The summed E-state index contributed by atoms with van der Waals surface area (Å²) in [7, 11) is 0. The molecule has 1 amide bonds. The van der Waals surface area contributed by atoms with Gasteiger partial charge in [0.15, 0.2) is 11.5 Å². The lowest BCUT2D eigenvalue weighted by Crippen LogP contribution is -2.46. The number of piperidine rings is 1. The van der Waals surface area contributed by atoms with Gasteiger partial charge in [0, 0.05) is 43.3 Å². The van der Waals surface area contributed by atoms with Gasteiger partial charge < -0.3 is 19.4 Å². The van der Waals surface area contributed by atoms with Crippen molar-refractivity contribution < 1.29 is 9.53 Å². The SMILES string of the molecule is CCN(CC)C(=O)c1ccc2c(c1)Oc1ccccc1N2C1CCN(C(=N)c2ccccc2)CC1. The highest BCUT2D eigenvalue weighted by Gasteiger charge is 2.33. The number of carbonyl (C=O) groups is 1. The Morgan fingerprint density at radius 3 is 2.26 bits per heavy atom. The molecule has 6 nitrogen and oxygen atoms in total. The van der Waals surface area contributed by atoms with Crippen LogP contribution in [0.1, 0.15) is 42.6 Å². The van der Waals surface area contributed by atoms with E-state index in [1.807, 2.05) is 85.5 Å². The maximum atomic E-state index is 13.0. The summed E-state index contributed by atoms with van der Waals surface area (Å²) in [5.74, 6) is 2.15. The summed E-state index contributed by atoms with van der Waals surface area (Å²) in [4.78, 5) is 19.3. The normalized spacial score (nSPS) is 15.1. The third-order valence-electron chi connectivity index (χ3n) is 7.05. The molecule has 1 N–H and O–H groups in total. The van der Waals surface area contributed by atoms with Crippen LogP contribution in [-0.4, -0.2) is 53.8 Å². The standard InChI is InChI=1S/C29H32N4O2/c1-3-31(4-2)29(34)22-14-15-25-27(20-22)35-26-13-9-8-12-24(26)33(25)23-16-18-32(19-17-23)28(30)21-10-6-5-7-11-21/h5-15,20,23,30H,3-4,16-19H2,1-2H3. The number of amidine groups is 1. The minimum Gasteiger partial charge on any atom is -0.453 e. The number of para-hydroxylation sites is 2. The highest BCUT2D eigenvalue weighted by molar-refractivity contribution is 5.97. The minimum absolute atomic E-state index is 0.0274. The summed E-state index contributed by atoms with van der Waals surface area (Å²) in [6.07, 6.45) is 1.87. The molecule has 2 aliphatic rings. The Labute approximate surface area is 207 Å². The van der Waals surface area contributed by atoms with Crippen LogP contribution < -0.4 is 9.64 Å². The summed E-state index contributed by atoms with van der Waals surface area (Å²) in [5.41, 5.74) is 3.66. The lowest BCUT2D eigenvalue weighted by atomic mass is 9.98. The van der Waals surface area contributed by atoms with Crippen molar-refractivity contribution in [2.45, 2.75) is 32.7 Å². The summed E-state index contributed by atoms with van der Waals surface area (Å²) >= 11 is 0. The molecule has 0 atom stereocenters. The zero-order valence-electron chi connectivity index (χ0n) is 20.4. The quantitative estimate of drug-likeness (QED) is 0.374. The number of nitrogens with one attached hydrogen (secondary N) is 1. The fourth-order valence-corrected chi connectivity index (χ4v) is 5.13. The molecule has 0 spiro atoms. The Morgan fingerprint density at radius 1 is 0.886 bits per heavy atom. The smallest absolute Gasteiger partial charge is 0.253 e. The van der Waals surface area contributed by atoms with Crippen LogP contribution in [0.3, 0.4) is 0 Å². The van der Waals surface area contributed by atoms with Crippen molar-refractivity contribution in [3.05, 3.63) is 83.9 Å². The number of likely N-dealkylation sites (tertiary alicyclic amines) is 1. The molecular formula is C29H32N4O2. The second-order valence-electron chi connectivity index (χ2n) is 9.03. The number of fused-ring (bicyclic) bond motifs is 2. The van der Waals surface area contributed by atoms with E-state index < -0.39 is 0 Å². The van der Waals surface area contributed by atoms with E-state index >= 15 is 0 Å². The van der Waals surface area contributed by atoms with Gasteiger partial charge in [-0.15, -0.1) is 0 Å². The van der Waals surface area contributed by atoms with Gasteiger partial charge in [-0.25, -0.2) is 0 Å². The van der Waals surface area contributed by atoms with E-state index in [1.54, 1.807) is 0 Å². The number of nitrogens with zero attached hydrogens (tertiary/aromatic N) is 3. The van der Waals surface area contributed by atoms with E-state index in [4.69, 9.17) is 10.1 Å². The van der Waals surface area contributed by atoms with Crippen molar-refractivity contribution in [1.29, 1.82) is 5.41 Å². The molecule has 3 aromatic rings. The van der Waals surface area contributed by atoms with Crippen LogP contribution in [-0.2, 0) is 0 Å². The fraction of sp³-hybridized carbons (Fsp3) is 0.310. The first-order valence-corrected chi connectivity index (χ1v) is 12.5. The Hall–Kier alpha value is -3.80. The van der Waals surface area contributed by atoms with Gasteiger partial charge in [-0.2, -0.15) is 0 Å². The van der Waals surface area contributed by atoms with Crippen molar-refractivity contribution in [1.82, 2.24) is 9.80 Å². The molecule has 1 fully saturated rings. The Kier molecular flexibility index (Phi) is 6.45. The first-order valence-electron chi connectivity index (χ1n) is 12.5. The van der Waals surface area contributed by atoms with Gasteiger partial charge in [0.25, 0.3) is 5.91 Å². The molecule has 3 aromatic carbocycles. The highest BCUT2D eigenvalue weighted by atomic mass is 16.5. The molecule has 2 heterocycles. The maximum Gasteiger partial charge on any atom is 0.253 e. The number of anilines is 2. The average molecular weight is 469 g/mol. The molecule has 35 heavy (non-hydrogen) atoms. The van der Waals surface area contributed by atoms with Gasteiger partial charge in [-0.05, 0) is 57.0 Å². The van der Waals surface area contributed by atoms with Crippen molar-refractivity contribution in [3.63, 3.8) is 0 Å². The van der Waals surface area contributed by atoms with Crippen LogP contribution >= 0.6 is 0 Å². The number of carbonyl (C=O) groups excluding carboxylic acids is 1. The van der Waals surface area contributed by atoms with Gasteiger partial charge in [0.1, 0.15) is 5.84 Å². The highest BCUT2D eigenvalue weighted by Crippen LogP contribution is 2.49. The molecule has 6 heteroatoms. The molecule has 180 valence electrons. The average Bonchev–Trinajstić information content (AvgIpc) is 2.92. The molecule has 1 saturated heterocycles. The Bertz CT molecular complexity index is 1210. The van der Waals surface area contributed by atoms with Crippen LogP contribution in [0.2, 0.25) is 0 Å². The van der Waals surface area contributed by atoms with E-state index in [0.29, 0.717) is 24.5 Å². The molecule has 0 unspecified atom stereocenters. The minimum atomic E-state index is 0.0274. The molecular weight excluding hydrogens is 436 g/mol. The fourth-order valence-electron chi connectivity index (χ4n) is 5.13. The lowest BCUT2D eigenvalue weighted by Gasteiger charge is -2.43. The molecule has 0 saturated carbocycles. The van der Waals surface area contributed by atoms with E-state index in [-0.39, 0.29) is 11.9 Å². The van der Waals surface area contributed by atoms with Crippen LogP contribution in [0.25, 0.3) is 0 Å². The second-order valence-corrected chi connectivity index (χ2v) is 9.03. The van der Waals surface area contributed by atoms with Crippen LogP contribution in [0.5, 0.6) is 11.5 Å². The number of ether oxygens (including phenoxy) is 1. The summed E-state index contributed by atoms with van der Waals surface area (Å²) in [5, 5.41) is 8.66. The number of amides is 1. The predicted molar refractivity (Wildman–Crippen MR) is 140 cm³/mol. The van der Waals surface area contributed by atoms with Crippen molar-refractivity contribution >= 4 is 23.1 Å². The maximum absolute atomic E-state index is 13.0. The molecule has 5 rings (SSSR count). The molecule has 0 aromatic heterocycles. The molecule has 0 bridgehead atoms. The van der Waals surface area contributed by atoms with E-state index in [1.165, 1.54) is 0 Å². The van der Waals surface area contributed by atoms with Crippen molar-refractivity contribution in [2.24, 2.45) is 0 Å². The van der Waals surface area contributed by atoms with Crippen molar-refractivity contribution in [2.75, 3.05) is 31.1 Å². The molecule has 0 aliphatic carbocycles. The first kappa shape index (κ1) is 23.0. The third kappa shape index (κ3) is 4.36. The van der Waals surface area contributed by atoms with Crippen LogP contribution in [0, 0.1) is 5.41 Å². The van der Waals surface area contributed by atoms with Gasteiger partial charge in [-0.3, -0.25) is 10.2 Å². The monoisotopic (exact) mass is 468 g/mol. The summed E-state index contributed by atoms with van der Waals surface area (Å²) in [6, 6.07) is 24.2. The van der Waals surface area contributed by atoms with Crippen LogP contribution in [0.15, 0.2) is 72.8 Å². The van der Waals surface area contributed by atoms with Crippen LogP contribution in [0.4, 0.5) is 11.4 Å². The number of rotatable bonds is 5. The lowest BCUT2D eigenvalue weighted by molar-refractivity contribution is 0.0772. The second kappa shape index (κ2) is 9.82. The summed E-state index contributed by atoms with van der Waals surface area (Å²) < 4.78 is 6.30. The largest absolute Gasteiger partial charge is 0.453 e. The molecule has 0 radical (unpaired) electrons. The molecule has 2 aliphatic heterocycles. The Morgan fingerprint density at radius 2 is 1.54 bits per heavy atom.